The van der Waals surface area contributed by atoms with Crippen molar-refractivity contribution in [3.05, 3.63) is 47.2 Å². The van der Waals surface area contributed by atoms with E-state index in [1.807, 2.05) is 12.1 Å². The highest BCUT2D eigenvalue weighted by atomic mass is 35.5. The Labute approximate surface area is 138 Å². The number of carbonyl (C=O) groups excluding carboxylic acids is 1. The van der Waals surface area contributed by atoms with Gasteiger partial charge in [0.2, 0.25) is 0 Å². The van der Waals surface area contributed by atoms with Crippen LogP contribution in [0.4, 0.5) is 0 Å². The quantitative estimate of drug-likeness (QED) is 0.936. The molecule has 3 rings (SSSR count). The average molecular weight is 334 g/mol. The Morgan fingerprint density at radius 3 is 2.70 bits per heavy atom. The Morgan fingerprint density at radius 1 is 1.26 bits per heavy atom. The summed E-state index contributed by atoms with van der Waals surface area (Å²) < 4.78 is 1.60. The zero-order valence-corrected chi connectivity index (χ0v) is 13.1. The Morgan fingerprint density at radius 2 is 2.00 bits per heavy atom. The zero-order valence-electron chi connectivity index (χ0n) is 12.4. The molecule has 1 aromatic carbocycles. The van der Waals surface area contributed by atoms with Gasteiger partial charge in [0.15, 0.2) is 0 Å². The van der Waals surface area contributed by atoms with Crippen molar-refractivity contribution in [3.8, 4) is 5.69 Å². The molecular weight excluding hydrogens is 318 g/mol. The van der Waals surface area contributed by atoms with Crippen molar-refractivity contribution in [1.82, 2.24) is 14.7 Å². The summed E-state index contributed by atoms with van der Waals surface area (Å²) in [7, 11) is 0. The van der Waals surface area contributed by atoms with E-state index in [4.69, 9.17) is 16.7 Å². The zero-order chi connectivity index (χ0) is 16.4. The van der Waals surface area contributed by atoms with Crippen LogP contribution in [0.2, 0.25) is 5.02 Å². The number of carboxylic acid groups (broad SMARTS) is 1. The number of aliphatic carboxylic acids is 1. The summed E-state index contributed by atoms with van der Waals surface area (Å²) in [6, 6.07) is 7.13. The van der Waals surface area contributed by atoms with Crippen LogP contribution >= 0.6 is 11.6 Å². The number of hydrogen-bond acceptors (Lipinski definition) is 3. The van der Waals surface area contributed by atoms with E-state index >= 15 is 0 Å². The number of benzene rings is 1. The van der Waals surface area contributed by atoms with Gasteiger partial charge < -0.3 is 10.0 Å². The van der Waals surface area contributed by atoms with E-state index in [1.54, 1.807) is 27.9 Å². The summed E-state index contributed by atoms with van der Waals surface area (Å²) in [6.07, 6.45) is 4.47. The highest BCUT2D eigenvalue weighted by Crippen LogP contribution is 2.19. The van der Waals surface area contributed by atoms with E-state index in [1.165, 1.54) is 6.20 Å². The molecule has 1 amide bonds. The average Bonchev–Trinajstić information content (AvgIpc) is 3.05. The number of aromatic nitrogens is 2. The topological polar surface area (TPSA) is 75.4 Å². The number of carboxylic acids is 1. The first-order valence-corrected chi connectivity index (χ1v) is 7.75. The summed E-state index contributed by atoms with van der Waals surface area (Å²) in [5.41, 5.74) is 1.25. The van der Waals surface area contributed by atoms with Crippen LogP contribution < -0.4 is 0 Å². The second-order valence-corrected chi connectivity index (χ2v) is 6.01. The van der Waals surface area contributed by atoms with Crippen molar-refractivity contribution < 1.29 is 14.7 Å². The molecular formula is C16H16ClN3O3. The van der Waals surface area contributed by atoms with Crippen LogP contribution in [-0.2, 0) is 4.79 Å². The largest absolute Gasteiger partial charge is 0.481 e. The highest BCUT2D eigenvalue weighted by molar-refractivity contribution is 6.30. The maximum absolute atomic E-state index is 12.5. The number of likely N-dealkylation sites (tertiary alicyclic amines) is 1. The molecule has 0 unspecified atom stereocenters. The smallest absolute Gasteiger partial charge is 0.308 e. The fourth-order valence-corrected chi connectivity index (χ4v) is 2.84. The Bertz CT molecular complexity index is 726. The van der Waals surface area contributed by atoms with E-state index in [2.05, 4.69) is 5.10 Å². The van der Waals surface area contributed by atoms with Crippen molar-refractivity contribution in [2.45, 2.75) is 12.8 Å². The van der Waals surface area contributed by atoms with Crippen molar-refractivity contribution in [2.75, 3.05) is 13.1 Å². The van der Waals surface area contributed by atoms with Crippen molar-refractivity contribution >= 4 is 23.5 Å². The van der Waals surface area contributed by atoms with E-state index in [0.717, 1.165) is 5.69 Å². The minimum Gasteiger partial charge on any atom is -0.481 e. The van der Waals surface area contributed by atoms with Crippen LogP contribution in [0, 0.1) is 5.92 Å². The molecule has 1 fully saturated rings. The van der Waals surface area contributed by atoms with Crippen molar-refractivity contribution in [1.29, 1.82) is 0 Å². The molecule has 7 heteroatoms. The molecule has 120 valence electrons. The molecule has 1 saturated heterocycles. The van der Waals surface area contributed by atoms with Crippen LogP contribution in [0.25, 0.3) is 5.69 Å². The van der Waals surface area contributed by atoms with Gasteiger partial charge in [0.25, 0.3) is 5.91 Å². The van der Waals surface area contributed by atoms with Crippen LogP contribution in [0.5, 0.6) is 0 Å². The molecule has 1 aromatic heterocycles. The van der Waals surface area contributed by atoms with Gasteiger partial charge in [0.1, 0.15) is 0 Å². The fourth-order valence-electron chi connectivity index (χ4n) is 2.71. The number of carbonyl (C=O) groups is 2. The van der Waals surface area contributed by atoms with Crippen LogP contribution in [0.3, 0.4) is 0 Å². The number of amides is 1. The summed E-state index contributed by atoms with van der Waals surface area (Å²) in [5, 5.41) is 13.9. The number of piperidine rings is 1. The molecule has 0 radical (unpaired) electrons. The summed E-state index contributed by atoms with van der Waals surface area (Å²) >= 11 is 5.86. The lowest BCUT2D eigenvalue weighted by atomic mass is 9.98. The minimum atomic E-state index is -0.848. The third-order valence-electron chi connectivity index (χ3n) is 3.98. The first kappa shape index (κ1) is 15.6. The molecule has 0 aliphatic carbocycles. The predicted octanol–water partition coefficient (Wildman–Crippen LogP) is 2.46. The van der Waals surface area contributed by atoms with Gasteiger partial charge in [0.05, 0.1) is 23.4 Å². The first-order chi connectivity index (χ1) is 11.0. The molecule has 0 bridgehead atoms. The third-order valence-corrected chi connectivity index (χ3v) is 4.23. The van der Waals surface area contributed by atoms with Crippen LogP contribution in [0.1, 0.15) is 23.2 Å². The van der Waals surface area contributed by atoms with Gasteiger partial charge in [-0.2, -0.15) is 5.10 Å². The molecule has 0 spiro atoms. The second kappa shape index (κ2) is 6.42. The van der Waals surface area contributed by atoms with Crippen LogP contribution in [0.15, 0.2) is 36.7 Å². The van der Waals surface area contributed by atoms with Crippen LogP contribution in [-0.4, -0.2) is 44.8 Å². The van der Waals surface area contributed by atoms with E-state index in [-0.39, 0.29) is 12.5 Å². The van der Waals surface area contributed by atoms with Gasteiger partial charge in [-0.25, -0.2) is 4.68 Å². The lowest BCUT2D eigenvalue weighted by Crippen LogP contribution is -2.42. The molecule has 1 aliphatic rings. The van der Waals surface area contributed by atoms with Gasteiger partial charge in [0, 0.05) is 24.3 Å². The Hall–Kier alpha value is -2.34. The second-order valence-electron chi connectivity index (χ2n) is 5.58. The SMILES string of the molecule is O=C(O)[C@H]1CCCN(C(=O)c2cnn(-c3ccc(Cl)cc3)c2)C1. The van der Waals surface area contributed by atoms with Crippen molar-refractivity contribution in [3.63, 3.8) is 0 Å². The lowest BCUT2D eigenvalue weighted by Gasteiger charge is -2.30. The van der Waals surface area contributed by atoms with E-state index in [9.17, 15) is 9.59 Å². The van der Waals surface area contributed by atoms with Gasteiger partial charge >= 0.3 is 5.97 Å². The molecule has 2 heterocycles. The third kappa shape index (κ3) is 3.37. The maximum Gasteiger partial charge on any atom is 0.308 e. The maximum atomic E-state index is 12.5. The highest BCUT2D eigenvalue weighted by Gasteiger charge is 2.29. The molecule has 0 saturated carbocycles. The number of hydrogen-bond donors (Lipinski definition) is 1. The molecule has 23 heavy (non-hydrogen) atoms. The number of nitrogens with zero attached hydrogens (tertiary/aromatic N) is 3. The summed E-state index contributed by atoms with van der Waals surface area (Å²) in [5.74, 6) is -1.52. The first-order valence-electron chi connectivity index (χ1n) is 7.37. The predicted molar refractivity (Wildman–Crippen MR) is 84.8 cm³/mol. The van der Waals surface area contributed by atoms with Gasteiger partial charge in [-0.1, -0.05) is 11.6 Å². The monoisotopic (exact) mass is 333 g/mol. The fraction of sp³-hybridized carbons (Fsp3) is 0.312. The van der Waals surface area contributed by atoms with Gasteiger partial charge in [-0.15, -0.1) is 0 Å². The van der Waals surface area contributed by atoms with Crippen molar-refractivity contribution in [2.24, 2.45) is 5.92 Å². The minimum absolute atomic E-state index is 0.184. The van der Waals surface area contributed by atoms with Gasteiger partial charge in [-0.3, -0.25) is 9.59 Å². The van der Waals surface area contributed by atoms with E-state index < -0.39 is 11.9 Å². The molecule has 1 N–H and O–H groups in total. The molecule has 6 nitrogen and oxygen atoms in total. The summed E-state index contributed by atoms with van der Waals surface area (Å²) in [6.45, 7) is 0.828. The number of halogens is 1. The Balaban J connectivity index is 1.75. The standard InChI is InChI=1S/C16H16ClN3O3/c17-13-3-5-14(6-4-13)20-10-12(8-18-20)15(21)19-7-1-2-11(9-19)16(22)23/h3-6,8,10-11H,1-2,7,9H2,(H,22,23)/t11-/m0/s1. The van der Waals surface area contributed by atoms with E-state index in [0.29, 0.717) is 30.0 Å². The normalized spacial score (nSPS) is 18.0. The summed E-state index contributed by atoms with van der Waals surface area (Å²) in [4.78, 5) is 25.2. The molecule has 1 aliphatic heterocycles. The number of rotatable bonds is 3. The lowest BCUT2D eigenvalue weighted by molar-refractivity contribution is -0.143. The van der Waals surface area contributed by atoms with Gasteiger partial charge in [-0.05, 0) is 37.1 Å². The Kier molecular flexibility index (Phi) is 4.34. The molecule has 1 atom stereocenters. The molecule has 2 aromatic rings.